The van der Waals surface area contributed by atoms with E-state index in [1.807, 2.05) is 0 Å². The van der Waals surface area contributed by atoms with Crippen LogP contribution in [-0.4, -0.2) is 34.9 Å². The van der Waals surface area contributed by atoms with Crippen LogP contribution in [0.25, 0.3) is 11.4 Å². The van der Waals surface area contributed by atoms with Crippen molar-refractivity contribution in [2.45, 2.75) is 32.0 Å². The predicted molar refractivity (Wildman–Crippen MR) is 88.8 cm³/mol. The number of halogens is 3. The number of carbonyl (C=O) groups excluding carboxylic acids is 1. The first-order valence-electron chi connectivity index (χ1n) is 8.30. The number of oxime groups is 1. The van der Waals surface area contributed by atoms with Gasteiger partial charge in [-0.15, -0.1) is 0 Å². The van der Waals surface area contributed by atoms with Crippen LogP contribution in [0.4, 0.5) is 13.2 Å². The number of benzene rings is 1. The molecule has 0 bridgehead atoms. The molecule has 144 valence electrons. The number of alkyl halides is 3. The maximum Gasteiger partial charge on any atom is 0.471 e. The molecule has 1 aromatic heterocycles. The zero-order valence-electron chi connectivity index (χ0n) is 14.4. The summed E-state index contributed by atoms with van der Waals surface area (Å²) in [7, 11) is 0. The molecule has 1 amide bonds. The average Bonchev–Trinajstić information content (AvgIpc) is 3.30. The monoisotopic (exact) mass is 382 g/mol. The van der Waals surface area contributed by atoms with Crippen molar-refractivity contribution in [1.29, 1.82) is 0 Å². The molecular weight excluding hydrogens is 365 g/mol. The van der Waals surface area contributed by atoms with Crippen LogP contribution in [0.15, 0.2) is 33.9 Å². The summed E-state index contributed by atoms with van der Waals surface area (Å²) in [4.78, 5) is 20.6. The Balaban J connectivity index is 1.55. The molecule has 1 unspecified atom stereocenters. The molecule has 1 N–H and O–H groups in total. The Kier molecular flexibility index (Phi) is 5.43. The van der Waals surface area contributed by atoms with Crippen LogP contribution in [-0.2, 0) is 11.0 Å². The fourth-order valence-electron chi connectivity index (χ4n) is 2.12. The minimum atomic E-state index is -4.70. The van der Waals surface area contributed by atoms with Crippen molar-refractivity contribution in [2.75, 3.05) is 6.61 Å². The van der Waals surface area contributed by atoms with Crippen molar-refractivity contribution >= 4 is 12.1 Å². The highest BCUT2D eigenvalue weighted by atomic mass is 19.4. The summed E-state index contributed by atoms with van der Waals surface area (Å²) in [6, 6.07) is 5.46. The Morgan fingerprint density at radius 3 is 2.70 bits per heavy atom. The fraction of sp³-hybridized carbons (Fsp3) is 0.412. The number of hydrogen-bond acceptors (Lipinski definition) is 6. The predicted octanol–water partition coefficient (Wildman–Crippen LogP) is 3.29. The average molecular weight is 382 g/mol. The van der Waals surface area contributed by atoms with Crippen molar-refractivity contribution in [2.24, 2.45) is 11.1 Å². The largest absolute Gasteiger partial charge is 0.471 e. The van der Waals surface area contributed by atoms with Crippen LogP contribution in [0.2, 0.25) is 0 Å². The number of rotatable bonds is 7. The van der Waals surface area contributed by atoms with Gasteiger partial charge in [0.1, 0.15) is 6.61 Å². The zero-order chi connectivity index (χ0) is 19.4. The number of hydrogen-bond donors (Lipinski definition) is 1. The fourth-order valence-corrected chi connectivity index (χ4v) is 2.12. The number of nitrogens with zero attached hydrogens (tertiary/aromatic N) is 3. The first kappa shape index (κ1) is 18.9. The van der Waals surface area contributed by atoms with Crippen LogP contribution in [0.5, 0.6) is 0 Å². The second-order valence-electron chi connectivity index (χ2n) is 6.25. The highest BCUT2D eigenvalue weighted by molar-refractivity contribution is 5.96. The summed E-state index contributed by atoms with van der Waals surface area (Å²) in [5.74, 6) is -1.39. The van der Waals surface area contributed by atoms with E-state index in [1.54, 1.807) is 6.92 Å². The van der Waals surface area contributed by atoms with E-state index in [0.717, 1.165) is 0 Å². The van der Waals surface area contributed by atoms with Gasteiger partial charge < -0.3 is 14.7 Å². The summed E-state index contributed by atoms with van der Waals surface area (Å²) < 4.78 is 41.7. The molecule has 3 rings (SSSR count). The number of carbonyl (C=O) groups is 1. The molecule has 1 atom stereocenters. The number of nitrogens with one attached hydrogen (secondary N) is 1. The van der Waals surface area contributed by atoms with Gasteiger partial charge in [-0.05, 0) is 37.8 Å². The van der Waals surface area contributed by atoms with Crippen LogP contribution in [0.1, 0.15) is 36.0 Å². The lowest BCUT2D eigenvalue weighted by atomic mass is 10.1. The topological polar surface area (TPSA) is 89.6 Å². The van der Waals surface area contributed by atoms with Gasteiger partial charge in [0.2, 0.25) is 5.82 Å². The van der Waals surface area contributed by atoms with Gasteiger partial charge in [-0.1, -0.05) is 22.4 Å². The molecule has 1 fully saturated rings. The lowest BCUT2D eigenvalue weighted by molar-refractivity contribution is -0.159. The Bertz CT molecular complexity index is 814. The van der Waals surface area contributed by atoms with E-state index in [0.29, 0.717) is 23.7 Å². The summed E-state index contributed by atoms with van der Waals surface area (Å²) in [6.07, 6.45) is -0.879. The van der Waals surface area contributed by atoms with E-state index in [1.165, 1.54) is 43.3 Å². The van der Waals surface area contributed by atoms with Gasteiger partial charge in [-0.2, -0.15) is 18.2 Å². The molecule has 0 aliphatic heterocycles. The molecule has 0 radical (unpaired) electrons. The first-order chi connectivity index (χ1) is 12.8. The molecular formula is C17H17F3N4O3. The first-order valence-corrected chi connectivity index (χ1v) is 8.30. The smallest absolute Gasteiger partial charge is 0.396 e. The van der Waals surface area contributed by atoms with Crippen LogP contribution in [0.3, 0.4) is 0 Å². The molecule has 27 heavy (non-hydrogen) atoms. The Morgan fingerprint density at radius 1 is 1.41 bits per heavy atom. The van der Waals surface area contributed by atoms with Gasteiger partial charge in [-0.25, -0.2) is 0 Å². The summed E-state index contributed by atoms with van der Waals surface area (Å²) in [5, 5.41) is 9.83. The molecule has 1 aromatic carbocycles. The van der Waals surface area contributed by atoms with Gasteiger partial charge in [-0.3, -0.25) is 4.79 Å². The molecule has 0 spiro atoms. The summed E-state index contributed by atoms with van der Waals surface area (Å²) >= 11 is 0. The van der Waals surface area contributed by atoms with Crippen molar-refractivity contribution in [3.63, 3.8) is 0 Å². The van der Waals surface area contributed by atoms with E-state index >= 15 is 0 Å². The van der Waals surface area contributed by atoms with E-state index in [9.17, 15) is 18.0 Å². The van der Waals surface area contributed by atoms with E-state index in [2.05, 4.69) is 25.1 Å². The minimum absolute atomic E-state index is 0.206. The third-order valence-corrected chi connectivity index (χ3v) is 3.80. The lowest BCUT2D eigenvalue weighted by Gasteiger charge is -2.09. The SMILES string of the molecule is CC(/C=N\OCC1CC1)NC(=O)c1ccc(-c2noc(C(F)(F)F)n2)cc1. The van der Waals surface area contributed by atoms with Crippen LogP contribution in [0, 0.1) is 5.92 Å². The van der Waals surface area contributed by atoms with Crippen molar-refractivity contribution in [1.82, 2.24) is 15.5 Å². The molecule has 10 heteroatoms. The van der Waals surface area contributed by atoms with Gasteiger partial charge in [0.15, 0.2) is 0 Å². The van der Waals surface area contributed by atoms with Crippen LogP contribution >= 0.6 is 0 Å². The maximum atomic E-state index is 12.5. The van der Waals surface area contributed by atoms with Crippen LogP contribution < -0.4 is 5.32 Å². The summed E-state index contributed by atoms with van der Waals surface area (Å²) in [6.45, 7) is 2.33. The van der Waals surface area contributed by atoms with Crippen molar-refractivity contribution < 1.29 is 27.3 Å². The molecule has 0 saturated heterocycles. The number of amides is 1. The van der Waals surface area contributed by atoms with E-state index in [4.69, 9.17) is 4.84 Å². The summed E-state index contributed by atoms with van der Waals surface area (Å²) in [5.41, 5.74) is 0.631. The van der Waals surface area contributed by atoms with Gasteiger partial charge in [0.25, 0.3) is 5.91 Å². The second kappa shape index (κ2) is 7.77. The highest BCUT2D eigenvalue weighted by Crippen LogP contribution is 2.29. The lowest BCUT2D eigenvalue weighted by Crippen LogP contribution is -2.33. The number of aromatic nitrogens is 2. The van der Waals surface area contributed by atoms with E-state index in [-0.39, 0.29) is 17.8 Å². The highest BCUT2D eigenvalue weighted by Gasteiger charge is 2.38. The standard InChI is InChI=1S/C17H17F3N4O3/c1-10(8-21-26-9-11-2-3-11)22-15(25)13-6-4-12(5-7-13)14-23-16(27-24-14)17(18,19)20/h4-8,10-11H,2-3,9H2,1H3,(H,22,25)/b21-8-. The zero-order valence-corrected chi connectivity index (χ0v) is 14.4. The minimum Gasteiger partial charge on any atom is -0.396 e. The third kappa shape index (κ3) is 5.28. The molecule has 1 aliphatic carbocycles. The normalized spacial score (nSPS) is 15.7. The molecule has 2 aromatic rings. The van der Waals surface area contributed by atoms with Crippen molar-refractivity contribution in [3.8, 4) is 11.4 Å². The Hall–Kier alpha value is -2.91. The molecule has 7 nitrogen and oxygen atoms in total. The van der Waals surface area contributed by atoms with Crippen molar-refractivity contribution in [3.05, 3.63) is 35.7 Å². The van der Waals surface area contributed by atoms with Gasteiger partial charge in [0.05, 0.1) is 12.3 Å². The Morgan fingerprint density at radius 2 is 2.11 bits per heavy atom. The van der Waals surface area contributed by atoms with Gasteiger partial charge in [0, 0.05) is 11.1 Å². The molecule has 1 aliphatic rings. The quantitative estimate of drug-likeness (QED) is 0.586. The second-order valence-corrected chi connectivity index (χ2v) is 6.25. The molecule has 1 heterocycles. The Labute approximate surface area is 152 Å². The maximum absolute atomic E-state index is 12.5. The van der Waals surface area contributed by atoms with Gasteiger partial charge >= 0.3 is 12.1 Å². The van der Waals surface area contributed by atoms with E-state index < -0.39 is 12.1 Å². The third-order valence-electron chi connectivity index (χ3n) is 3.80. The molecule has 1 saturated carbocycles.